The Labute approximate surface area is 117 Å². The van der Waals surface area contributed by atoms with Crippen molar-refractivity contribution >= 4 is 23.5 Å². The number of nitrogens with zero attached hydrogens (tertiary/aromatic N) is 1. The van der Waals surface area contributed by atoms with Gasteiger partial charge in [0.15, 0.2) is 0 Å². The molecular weight excluding hydrogens is 258 g/mol. The van der Waals surface area contributed by atoms with Crippen LogP contribution in [0.5, 0.6) is 0 Å². The third-order valence-electron chi connectivity index (χ3n) is 2.71. The molecule has 0 aliphatic heterocycles. The maximum absolute atomic E-state index is 11.7. The summed E-state index contributed by atoms with van der Waals surface area (Å²) in [6.07, 6.45) is 2.17. The Kier molecular flexibility index (Phi) is 4.63. The monoisotopic (exact) mass is 275 g/mol. The number of rotatable bonds is 5. The van der Waals surface area contributed by atoms with Crippen LogP contribution < -0.4 is 5.32 Å². The number of carbonyl (C=O) groups excluding carboxylic acids is 1. The summed E-state index contributed by atoms with van der Waals surface area (Å²) < 4.78 is 0. The molecule has 0 aliphatic rings. The van der Waals surface area contributed by atoms with E-state index in [9.17, 15) is 4.79 Å². The molecule has 0 saturated heterocycles. The molecule has 0 saturated carbocycles. The van der Waals surface area contributed by atoms with Crippen molar-refractivity contribution < 1.29 is 4.79 Å². The summed E-state index contributed by atoms with van der Waals surface area (Å²) >= 11 is 1.69. The topological polar surface area (TPSA) is 57.8 Å². The molecule has 5 heteroatoms. The molecule has 0 aliphatic carbocycles. The molecule has 0 spiro atoms. The highest BCUT2D eigenvalue weighted by Gasteiger charge is 2.06. The van der Waals surface area contributed by atoms with Crippen molar-refractivity contribution in [1.29, 1.82) is 0 Å². The van der Waals surface area contributed by atoms with E-state index in [1.54, 1.807) is 18.0 Å². The molecule has 0 unspecified atom stereocenters. The SMILES string of the molecule is Cc1ccc(SCCC(=O)Nc2[nH]ncc2C)cc1. The Hall–Kier alpha value is -1.75. The van der Waals surface area contributed by atoms with E-state index in [2.05, 4.69) is 46.7 Å². The molecule has 1 aromatic carbocycles. The third-order valence-corrected chi connectivity index (χ3v) is 3.73. The quantitative estimate of drug-likeness (QED) is 0.824. The van der Waals surface area contributed by atoms with Gasteiger partial charge >= 0.3 is 0 Å². The zero-order chi connectivity index (χ0) is 13.7. The van der Waals surface area contributed by atoms with Crippen molar-refractivity contribution in [2.75, 3.05) is 11.1 Å². The number of anilines is 1. The maximum Gasteiger partial charge on any atom is 0.226 e. The average molecular weight is 275 g/mol. The fraction of sp³-hybridized carbons (Fsp3) is 0.286. The fourth-order valence-corrected chi connectivity index (χ4v) is 2.42. The van der Waals surface area contributed by atoms with Crippen LogP contribution in [0.15, 0.2) is 35.4 Å². The number of thioether (sulfide) groups is 1. The number of aromatic nitrogens is 2. The van der Waals surface area contributed by atoms with Gasteiger partial charge in [0.1, 0.15) is 5.82 Å². The van der Waals surface area contributed by atoms with Crippen molar-refractivity contribution in [3.05, 3.63) is 41.6 Å². The molecule has 1 heterocycles. The largest absolute Gasteiger partial charge is 0.311 e. The van der Waals surface area contributed by atoms with Crippen LogP contribution in [0.2, 0.25) is 0 Å². The molecule has 0 fully saturated rings. The lowest BCUT2D eigenvalue weighted by molar-refractivity contribution is -0.115. The van der Waals surface area contributed by atoms with Crippen LogP contribution in [0.1, 0.15) is 17.5 Å². The number of amides is 1. The Morgan fingerprint density at radius 2 is 2.05 bits per heavy atom. The third kappa shape index (κ3) is 4.13. The number of carbonyl (C=O) groups is 1. The van der Waals surface area contributed by atoms with Gasteiger partial charge in [-0.05, 0) is 26.0 Å². The number of aryl methyl sites for hydroxylation is 2. The van der Waals surface area contributed by atoms with E-state index in [1.807, 2.05) is 6.92 Å². The summed E-state index contributed by atoms with van der Waals surface area (Å²) in [6, 6.07) is 8.32. The second-order valence-corrected chi connectivity index (χ2v) is 5.56. The first-order valence-electron chi connectivity index (χ1n) is 6.14. The molecular formula is C14H17N3OS. The van der Waals surface area contributed by atoms with E-state index in [0.717, 1.165) is 11.3 Å². The van der Waals surface area contributed by atoms with E-state index in [1.165, 1.54) is 10.5 Å². The lowest BCUT2D eigenvalue weighted by Gasteiger charge is -2.04. The molecule has 1 aromatic heterocycles. The van der Waals surface area contributed by atoms with E-state index in [4.69, 9.17) is 0 Å². The minimum atomic E-state index is 0.00645. The molecule has 2 rings (SSSR count). The lowest BCUT2D eigenvalue weighted by atomic mass is 10.2. The number of hydrogen-bond acceptors (Lipinski definition) is 3. The summed E-state index contributed by atoms with van der Waals surface area (Å²) in [6.45, 7) is 3.97. The second-order valence-electron chi connectivity index (χ2n) is 4.39. The lowest BCUT2D eigenvalue weighted by Crippen LogP contribution is -2.13. The first kappa shape index (κ1) is 13.7. The summed E-state index contributed by atoms with van der Waals surface area (Å²) in [5.74, 6) is 1.46. The highest BCUT2D eigenvalue weighted by Crippen LogP contribution is 2.19. The van der Waals surface area contributed by atoms with Gasteiger partial charge in [-0.2, -0.15) is 5.10 Å². The number of H-pyrrole nitrogens is 1. The number of aromatic amines is 1. The second kappa shape index (κ2) is 6.43. The molecule has 100 valence electrons. The van der Waals surface area contributed by atoms with Crippen molar-refractivity contribution in [1.82, 2.24) is 10.2 Å². The van der Waals surface area contributed by atoms with Crippen LogP contribution in [0.3, 0.4) is 0 Å². The van der Waals surface area contributed by atoms with E-state index < -0.39 is 0 Å². The zero-order valence-corrected chi connectivity index (χ0v) is 11.9. The number of nitrogens with one attached hydrogen (secondary N) is 2. The molecule has 19 heavy (non-hydrogen) atoms. The van der Waals surface area contributed by atoms with E-state index in [0.29, 0.717) is 12.2 Å². The van der Waals surface area contributed by atoms with E-state index in [-0.39, 0.29) is 5.91 Å². The normalized spacial score (nSPS) is 10.4. The molecule has 4 nitrogen and oxygen atoms in total. The van der Waals surface area contributed by atoms with Gasteiger partial charge in [0, 0.05) is 22.6 Å². The predicted octanol–water partition coefficient (Wildman–Crippen LogP) is 3.15. The minimum absolute atomic E-state index is 0.00645. The summed E-state index contributed by atoms with van der Waals surface area (Å²) in [5.41, 5.74) is 2.19. The van der Waals surface area contributed by atoms with Gasteiger partial charge in [-0.25, -0.2) is 0 Å². The smallest absolute Gasteiger partial charge is 0.226 e. The van der Waals surface area contributed by atoms with Gasteiger partial charge in [0.25, 0.3) is 0 Å². The molecule has 0 radical (unpaired) electrons. The van der Waals surface area contributed by atoms with Crippen LogP contribution in [0, 0.1) is 13.8 Å². The van der Waals surface area contributed by atoms with Crippen LogP contribution in [-0.4, -0.2) is 21.9 Å². The zero-order valence-electron chi connectivity index (χ0n) is 11.1. The minimum Gasteiger partial charge on any atom is -0.311 e. The highest BCUT2D eigenvalue weighted by molar-refractivity contribution is 7.99. The van der Waals surface area contributed by atoms with Crippen LogP contribution in [0.4, 0.5) is 5.82 Å². The Morgan fingerprint density at radius 1 is 1.32 bits per heavy atom. The van der Waals surface area contributed by atoms with Crippen LogP contribution in [0.25, 0.3) is 0 Å². The number of benzene rings is 1. The van der Waals surface area contributed by atoms with E-state index >= 15 is 0 Å². The molecule has 0 atom stereocenters. The summed E-state index contributed by atoms with van der Waals surface area (Å²) in [5, 5.41) is 9.44. The first-order chi connectivity index (χ1) is 9.15. The van der Waals surface area contributed by atoms with Gasteiger partial charge in [-0.3, -0.25) is 9.89 Å². The van der Waals surface area contributed by atoms with Gasteiger partial charge < -0.3 is 5.32 Å². The number of hydrogen-bond donors (Lipinski definition) is 2. The Morgan fingerprint density at radius 3 is 2.68 bits per heavy atom. The standard InChI is InChI=1S/C14H17N3OS/c1-10-3-5-12(6-4-10)19-8-7-13(18)16-14-11(2)9-15-17-14/h3-6,9H,7-8H2,1-2H3,(H2,15,16,17,18). The maximum atomic E-state index is 11.7. The average Bonchev–Trinajstić information content (AvgIpc) is 2.78. The van der Waals surface area contributed by atoms with Crippen molar-refractivity contribution in [2.24, 2.45) is 0 Å². The van der Waals surface area contributed by atoms with Crippen molar-refractivity contribution in [3.63, 3.8) is 0 Å². The molecule has 2 aromatic rings. The molecule has 1 amide bonds. The van der Waals surface area contributed by atoms with Crippen LogP contribution >= 0.6 is 11.8 Å². The summed E-state index contributed by atoms with van der Waals surface area (Å²) in [7, 11) is 0. The molecule has 0 bridgehead atoms. The van der Waals surface area contributed by atoms with Gasteiger partial charge in [-0.1, -0.05) is 17.7 Å². The Balaban J connectivity index is 1.75. The fourth-order valence-electron chi connectivity index (χ4n) is 1.57. The van der Waals surface area contributed by atoms with Gasteiger partial charge in [0.2, 0.25) is 5.91 Å². The molecule has 2 N–H and O–H groups in total. The predicted molar refractivity (Wildman–Crippen MR) is 78.5 cm³/mol. The van der Waals surface area contributed by atoms with Gasteiger partial charge in [0.05, 0.1) is 6.20 Å². The summed E-state index contributed by atoms with van der Waals surface area (Å²) in [4.78, 5) is 12.9. The first-order valence-corrected chi connectivity index (χ1v) is 7.13. The van der Waals surface area contributed by atoms with Crippen molar-refractivity contribution in [2.45, 2.75) is 25.2 Å². The highest BCUT2D eigenvalue weighted by atomic mass is 32.2. The van der Waals surface area contributed by atoms with Crippen LogP contribution in [-0.2, 0) is 4.79 Å². The van der Waals surface area contributed by atoms with Crippen molar-refractivity contribution in [3.8, 4) is 0 Å². The van der Waals surface area contributed by atoms with Gasteiger partial charge in [-0.15, -0.1) is 11.8 Å². The Bertz CT molecular complexity index is 548.